The average Bonchev–Trinajstić information content (AvgIpc) is 3.56. The van der Waals surface area contributed by atoms with Crippen LogP contribution in [0.1, 0.15) is 28.8 Å². The molecular formula is C21H22N2O4S. The Hall–Kier alpha value is -2.82. The lowest BCUT2D eigenvalue weighted by molar-refractivity contribution is 0.0730. The zero-order chi connectivity index (χ0) is 20.1. The molecule has 1 saturated carbocycles. The van der Waals surface area contributed by atoms with E-state index in [9.17, 15) is 13.2 Å². The van der Waals surface area contributed by atoms with Crippen LogP contribution in [0.15, 0.2) is 53.4 Å². The van der Waals surface area contributed by atoms with E-state index in [0.717, 1.165) is 24.2 Å². The van der Waals surface area contributed by atoms with Crippen LogP contribution in [-0.2, 0) is 16.6 Å². The summed E-state index contributed by atoms with van der Waals surface area (Å²) in [6, 6.07) is 13.8. The van der Waals surface area contributed by atoms with Crippen LogP contribution in [0.4, 0.5) is 0 Å². The van der Waals surface area contributed by atoms with Gasteiger partial charge in [-0.2, -0.15) is 4.72 Å². The largest absolute Gasteiger partial charge is 0.497 e. The van der Waals surface area contributed by atoms with E-state index in [-0.39, 0.29) is 23.4 Å². The van der Waals surface area contributed by atoms with Crippen molar-refractivity contribution in [3.8, 4) is 18.1 Å². The monoisotopic (exact) mass is 398 g/mol. The van der Waals surface area contributed by atoms with Gasteiger partial charge >= 0.3 is 0 Å². The summed E-state index contributed by atoms with van der Waals surface area (Å²) >= 11 is 0. The van der Waals surface area contributed by atoms with Crippen LogP contribution >= 0.6 is 0 Å². The molecule has 1 aliphatic rings. The lowest BCUT2D eigenvalue weighted by Gasteiger charge is -2.23. The van der Waals surface area contributed by atoms with Crippen molar-refractivity contribution in [3.63, 3.8) is 0 Å². The lowest BCUT2D eigenvalue weighted by atomic mass is 10.1. The molecule has 0 aromatic heterocycles. The van der Waals surface area contributed by atoms with Crippen LogP contribution in [0, 0.1) is 12.3 Å². The van der Waals surface area contributed by atoms with E-state index in [2.05, 4.69) is 10.6 Å². The molecule has 0 saturated heterocycles. The minimum atomic E-state index is -3.67. The highest BCUT2D eigenvalue weighted by molar-refractivity contribution is 7.89. The van der Waals surface area contributed by atoms with Crippen molar-refractivity contribution >= 4 is 15.9 Å². The summed E-state index contributed by atoms with van der Waals surface area (Å²) in [5.41, 5.74) is 1.47. The van der Waals surface area contributed by atoms with Gasteiger partial charge in [0, 0.05) is 18.2 Å². The second-order valence-corrected chi connectivity index (χ2v) is 8.33. The Kier molecular flexibility index (Phi) is 6.02. The molecular weight excluding hydrogens is 376 g/mol. The summed E-state index contributed by atoms with van der Waals surface area (Å²) in [7, 11) is -2.06. The zero-order valence-electron chi connectivity index (χ0n) is 15.6. The van der Waals surface area contributed by atoms with E-state index >= 15 is 0 Å². The number of carbonyl (C=O) groups excluding carboxylic acids is 1. The number of rotatable bonds is 8. The van der Waals surface area contributed by atoms with Crippen molar-refractivity contribution in [1.29, 1.82) is 0 Å². The van der Waals surface area contributed by atoms with Gasteiger partial charge in [0.15, 0.2) is 0 Å². The van der Waals surface area contributed by atoms with Crippen LogP contribution < -0.4 is 9.46 Å². The molecule has 0 aliphatic heterocycles. The van der Waals surface area contributed by atoms with Crippen LogP contribution in [0.5, 0.6) is 5.75 Å². The first-order valence-corrected chi connectivity index (χ1v) is 10.4. The second-order valence-electron chi connectivity index (χ2n) is 6.57. The van der Waals surface area contributed by atoms with Gasteiger partial charge in [-0.05, 0) is 54.8 Å². The second kappa shape index (κ2) is 8.46. The Labute approximate surface area is 165 Å². The van der Waals surface area contributed by atoms with Crippen molar-refractivity contribution in [2.24, 2.45) is 0 Å². The molecule has 0 unspecified atom stereocenters. The molecule has 0 bridgehead atoms. The molecule has 1 fully saturated rings. The fraction of sp³-hybridized carbons (Fsp3) is 0.286. The summed E-state index contributed by atoms with van der Waals surface area (Å²) in [5, 5.41) is 0. The Bertz CT molecular complexity index is 973. The maximum Gasteiger partial charge on any atom is 0.254 e. The first kappa shape index (κ1) is 19.9. The smallest absolute Gasteiger partial charge is 0.254 e. The number of terminal acetylenes is 1. The van der Waals surface area contributed by atoms with Crippen molar-refractivity contribution in [2.45, 2.75) is 30.3 Å². The zero-order valence-corrected chi connectivity index (χ0v) is 16.4. The normalized spacial score (nSPS) is 13.6. The van der Waals surface area contributed by atoms with E-state index in [1.54, 1.807) is 7.11 Å². The van der Waals surface area contributed by atoms with E-state index in [4.69, 9.17) is 11.2 Å². The molecule has 1 aliphatic carbocycles. The summed E-state index contributed by atoms with van der Waals surface area (Å²) < 4.78 is 31.7. The summed E-state index contributed by atoms with van der Waals surface area (Å²) in [6.45, 7) is 0.414. The minimum absolute atomic E-state index is 0.0763. The number of benzene rings is 2. The highest BCUT2D eigenvalue weighted by Gasteiger charge is 2.33. The predicted molar refractivity (Wildman–Crippen MR) is 106 cm³/mol. The van der Waals surface area contributed by atoms with Gasteiger partial charge in [-0.25, -0.2) is 8.42 Å². The SMILES string of the molecule is C#CCNS(=O)(=O)c1ccc(C(=O)N(Cc2ccc(OC)cc2)C2CC2)cc1. The Morgan fingerprint density at radius 3 is 2.36 bits per heavy atom. The Balaban J connectivity index is 1.75. The molecule has 0 spiro atoms. The van der Waals surface area contributed by atoms with Crippen LogP contribution in [0.2, 0.25) is 0 Å². The van der Waals surface area contributed by atoms with Gasteiger partial charge in [-0.15, -0.1) is 6.42 Å². The molecule has 0 atom stereocenters. The fourth-order valence-electron chi connectivity index (χ4n) is 2.84. The molecule has 1 amide bonds. The molecule has 0 radical (unpaired) electrons. The number of ether oxygens (including phenoxy) is 1. The van der Waals surface area contributed by atoms with Gasteiger partial charge < -0.3 is 9.64 Å². The van der Waals surface area contributed by atoms with Gasteiger partial charge in [-0.1, -0.05) is 18.1 Å². The highest BCUT2D eigenvalue weighted by atomic mass is 32.2. The van der Waals surface area contributed by atoms with Crippen LogP contribution in [-0.4, -0.2) is 38.9 Å². The topological polar surface area (TPSA) is 75.7 Å². The molecule has 28 heavy (non-hydrogen) atoms. The van der Waals surface area contributed by atoms with E-state index < -0.39 is 10.0 Å². The average molecular weight is 398 g/mol. The number of nitrogens with one attached hydrogen (secondary N) is 1. The molecule has 2 aromatic rings. The van der Waals surface area contributed by atoms with E-state index in [1.807, 2.05) is 29.2 Å². The quantitative estimate of drug-likeness (QED) is 0.693. The van der Waals surface area contributed by atoms with E-state index in [0.29, 0.717) is 12.1 Å². The number of carbonyl (C=O) groups is 1. The number of hydrogen-bond acceptors (Lipinski definition) is 4. The van der Waals surface area contributed by atoms with Crippen LogP contribution in [0.25, 0.3) is 0 Å². The highest BCUT2D eigenvalue weighted by Crippen LogP contribution is 2.30. The standard InChI is InChI=1S/C21H22N2O4S/c1-3-14-22-28(25,26)20-12-6-17(7-13-20)21(24)23(18-8-9-18)15-16-4-10-19(27-2)11-5-16/h1,4-7,10-13,18,22H,8-9,14-15H2,2H3. The number of sulfonamides is 1. The molecule has 0 heterocycles. The molecule has 6 nitrogen and oxygen atoms in total. The molecule has 1 N–H and O–H groups in total. The molecule has 3 rings (SSSR count). The predicted octanol–water partition coefficient (Wildman–Crippen LogP) is 2.41. The molecule has 146 valence electrons. The number of hydrogen-bond donors (Lipinski definition) is 1. The Morgan fingerprint density at radius 2 is 1.82 bits per heavy atom. The van der Waals surface area contributed by atoms with Gasteiger partial charge in [0.1, 0.15) is 5.75 Å². The molecule has 7 heteroatoms. The fourth-order valence-corrected chi connectivity index (χ4v) is 3.78. The molecule has 2 aromatic carbocycles. The van der Waals surface area contributed by atoms with Crippen molar-refractivity contribution in [3.05, 3.63) is 59.7 Å². The van der Waals surface area contributed by atoms with Crippen LogP contribution in [0.3, 0.4) is 0 Å². The summed E-state index contributed by atoms with van der Waals surface area (Å²) in [5.74, 6) is 2.88. The minimum Gasteiger partial charge on any atom is -0.497 e. The third kappa shape index (κ3) is 4.71. The van der Waals surface area contributed by atoms with Gasteiger partial charge in [0.25, 0.3) is 5.91 Å². The van der Waals surface area contributed by atoms with E-state index in [1.165, 1.54) is 24.3 Å². The van der Waals surface area contributed by atoms with Crippen molar-refractivity contribution in [1.82, 2.24) is 9.62 Å². The number of nitrogens with zero attached hydrogens (tertiary/aromatic N) is 1. The van der Waals surface area contributed by atoms with Gasteiger partial charge in [0.05, 0.1) is 18.6 Å². The van der Waals surface area contributed by atoms with Gasteiger partial charge in [0.2, 0.25) is 10.0 Å². The maximum absolute atomic E-state index is 13.0. The first-order valence-electron chi connectivity index (χ1n) is 8.91. The number of amides is 1. The maximum atomic E-state index is 13.0. The van der Waals surface area contributed by atoms with Crippen molar-refractivity contribution < 1.29 is 17.9 Å². The third-order valence-corrected chi connectivity index (χ3v) is 5.95. The summed E-state index contributed by atoms with van der Waals surface area (Å²) in [6.07, 6.45) is 7.04. The van der Waals surface area contributed by atoms with Gasteiger partial charge in [-0.3, -0.25) is 4.79 Å². The third-order valence-electron chi connectivity index (χ3n) is 4.54. The number of methoxy groups -OCH3 is 1. The first-order chi connectivity index (χ1) is 13.4. The lowest BCUT2D eigenvalue weighted by Crippen LogP contribution is -2.32. The van der Waals surface area contributed by atoms with Crippen molar-refractivity contribution in [2.75, 3.05) is 13.7 Å². The Morgan fingerprint density at radius 1 is 1.18 bits per heavy atom. The summed E-state index contributed by atoms with van der Waals surface area (Å²) in [4.78, 5) is 14.9.